The molecule has 0 aliphatic carbocycles. The van der Waals surface area contributed by atoms with Gasteiger partial charge in [0.1, 0.15) is 11.0 Å². The predicted molar refractivity (Wildman–Crippen MR) is 156 cm³/mol. The molecule has 1 aromatic heterocycles. The number of imide groups is 1. The molecular formula is C30H19F6N3O5S2. The van der Waals surface area contributed by atoms with E-state index >= 15 is 0 Å². The molecule has 46 heavy (non-hydrogen) atoms. The SMILES string of the molecule is O=C(COc1ccc([C@@H]2c3sc(=O)[nH]c3S[C@H]3C(=O)N(c4cccc(C(F)(F)F)c4)C(=O)[C@@H]23)cc1)Nc1ccccc1C(F)(F)F. The van der Waals surface area contributed by atoms with Crippen molar-refractivity contribution < 1.29 is 45.5 Å². The summed E-state index contributed by atoms with van der Waals surface area (Å²) >= 11 is 1.81. The van der Waals surface area contributed by atoms with Gasteiger partial charge >= 0.3 is 17.2 Å². The van der Waals surface area contributed by atoms with E-state index in [1.54, 1.807) is 12.1 Å². The molecule has 2 N–H and O–H groups in total. The number of alkyl halides is 6. The molecule has 1 fully saturated rings. The number of hydrogen-bond acceptors (Lipinski definition) is 7. The number of nitrogens with zero attached hydrogens (tertiary/aromatic N) is 1. The Morgan fingerprint density at radius 1 is 0.891 bits per heavy atom. The number of rotatable bonds is 6. The van der Waals surface area contributed by atoms with Crippen LogP contribution in [-0.2, 0) is 26.7 Å². The van der Waals surface area contributed by atoms with Crippen LogP contribution in [0.4, 0.5) is 37.7 Å². The van der Waals surface area contributed by atoms with Crippen molar-refractivity contribution in [1.29, 1.82) is 0 Å². The van der Waals surface area contributed by atoms with Crippen molar-refractivity contribution in [2.75, 3.05) is 16.8 Å². The van der Waals surface area contributed by atoms with E-state index in [1.165, 1.54) is 30.3 Å². The number of carbonyl (C=O) groups is 3. The van der Waals surface area contributed by atoms with Gasteiger partial charge in [-0.25, -0.2) is 4.90 Å². The molecule has 16 heteroatoms. The standard InChI is InChI=1S/C30H19F6N3O5S2/c31-29(32,33)15-4-3-5-16(12-15)39-26(41)22-21(23-25(38-28(43)46-23)45-24(22)27(39)42)14-8-10-17(11-9-14)44-13-20(40)37-19-7-2-1-6-18(19)30(34,35)36/h1-12,21-22,24H,13H2,(H,37,40)(H,38,43)/t21-,22-,24+/m0/s1. The van der Waals surface area contributed by atoms with Gasteiger partial charge in [-0.1, -0.05) is 53.4 Å². The molecule has 0 radical (unpaired) electrons. The number of halogens is 6. The number of hydrogen-bond donors (Lipinski definition) is 2. The lowest BCUT2D eigenvalue weighted by Crippen LogP contribution is -2.32. The van der Waals surface area contributed by atoms with Crippen LogP contribution in [0.1, 0.15) is 27.5 Å². The maximum Gasteiger partial charge on any atom is 0.418 e. The lowest BCUT2D eigenvalue weighted by atomic mass is 9.83. The van der Waals surface area contributed by atoms with Crippen molar-refractivity contribution in [3.05, 3.63) is 104 Å². The Morgan fingerprint density at radius 2 is 1.61 bits per heavy atom. The molecule has 0 bridgehead atoms. The lowest BCUT2D eigenvalue weighted by Gasteiger charge is -2.29. The Hall–Kier alpha value is -4.57. The third-order valence-corrected chi connectivity index (χ3v) is 9.77. The number of nitrogens with one attached hydrogen (secondary N) is 2. The van der Waals surface area contributed by atoms with Gasteiger partial charge in [-0.2, -0.15) is 26.3 Å². The summed E-state index contributed by atoms with van der Waals surface area (Å²) in [4.78, 5) is 55.4. The number of fused-ring (bicyclic) bond motifs is 2. The Morgan fingerprint density at radius 3 is 2.30 bits per heavy atom. The molecule has 6 rings (SSSR count). The van der Waals surface area contributed by atoms with Crippen LogP contribution in [-0.4, -0.2) is 34.6 Å². The van der Waals surface area contributed by atoms with Crippen molar-refractivity contribution >= 4 is 52.2 Å². The molecule has 2 aliphatic heterocycles. The summed E-state index contributed by atoms with van der Waals surface area (Å²) in [6.45, 7) is -0.626. The number of aromatic nitrogens is 1. The summed E-state index contributed by atoms with van der Waals surface area (Å²) in [5, 5.41) is 1.50. The summed E-state index contributed by atoms with van der Waals surface area (Å²) in [6, 6.07) is 14.4. The Kier molecular flexibility index (Phi) is 7.96. The van der Waals surface area contributed by atoms with Crippen LogP contribution in [0.3, 0.4) is 0 Å². The monoisotopic (exact) mass is 679 g/mol. The molecule has 0 saturated carbocycles. The largest absolute Gasteiger partial charge is 0.484 e. The Balaban J connectivity index is 1.24. The number of anilines is 2. The van der Waals surface area contributed by atoms with Crippen molar-refractivity contribution in [3.63, 3.8) is 0 Å². The molecule has 1 saturated heterocycles. The second-order valence-corrected chi connectivity index (χ2v) is 12.4. The first kappa shape index (κ1) is 31.4. The number of carbonyl (C=O) groups excluding carboxylic acids is 3. The molecule has 3 atom stereocenters. The Labute approximate surface area is 263 Å². The summed E-state index contributed by atoms with van der Waals surface area (Å²) in [6.07, 6.45) is -9.38. The first-order chi connectivity index (χ1) is 21.7. The van der Waals surface area contributed by atoms with Crippen LogP contribution in [0.15, 0.2) is 82.6 Å². The first-order valence-corrected chi connectivity index (χ1v) is 15.1. The van der Waals surface area contributed by atoms with Crippen molar-refractivity contribution in [1.82, 2.24) is 4.98 Å². The highest BCUT2D eigenvalue weighted by molar-refractivity contribution is 8.00. The number of benzene rings is 3. The average molecular weight is 680 g/mol. The third-order valence-electron chi connectivity index (χ3n) is 7.37. The maximum atomic E-state index is 13.8. The highest BCUT2D eigenvalue weighted by Crippen LogP contribution is 2.53. The number of H-pyrrole nitrogens is 1. The zero-order valence-corrected chi connectivity index (χ0v) is 24.6. The average Bonchev–Trinajstić information content (AvgIpc) is 3.49. The van der Waals surface area contributed by atoms with Gasteiger partial charge in [-0.3, -0.25) is 19.2 Å². The first-order valence-electron chi connectivity index (χ1n) is 13.4. The molecule has 4 aromatic rings. The lowest BCUT2D eigenvalue weighted by molar-refractivity contribution is -0.138. The minimum absolute atomic E-state index is 0.159. The summed E-state index contributed by atoms with van der Waals surface area (Å²) in [5.41, 5.74) is -2.22. The van der Waals surface area contributed by atoms with Gasteiger partial charge < -0.3 is 15.0 Å². The fraction of sp³-hybridized carbons (Fsp3) is 0.200. The Bertz CT molecular complexity index is 1900. The predicted octanol–water partition coefficient (Wildman–Crippen LogP) is 6.29. The maximum absolute atomic E-state index is 13.8. The van der Waals surface area contributed by atoms with Gasteiger partial charge in [0, 0.05) is 10.8 Å². The number of thiazole rings is 1. The molecule has 0 unspecified atom stereocenters. The van der Waals surface area contributed by atoms with E-state index in [4.69, 9.17) is 4.74 Å². The van der Waals surface area contributed by atoms with Gasteiger partial charge in [-0.05, 0) is 48.0 Å². The molecular weight excluding hydrogens is 660 g/mol. The number of ether oxygens (including phenoxy) is 1. The van der Waals surface area contributed by atoms with Crippen LogP contribution in [0.2, 0.25) is 0 Å². The second kappa shape index (κ2) is 11.7. The normalized spacial score (nSPS) is 19.5. The van der Waals surface area contributed by atoms with Crippen molar-refractivity contribution in [2.24, 2.45) is 5.92 Å². The van der Waals surface area contributed by atoms with Crippen LogP contribution < -0.4 is 19.8 Å². The number of aromatic amines is 1. The van der Waals surface area contributed by atoms with Gasteiger partial charge in [0.25, 0.3) is 5.91 Å². The molecule has 8 nitrogen and oxygen atoms in total. The molecule has 2 aliphatic rings. The van der Waals surface area contributed by atoms with Crippen LogP contribution in [0.5, 0.6) is 5.75 Å². The zero-order valence-electron chi connectivity index (χ0n) is 22.9. The van der Waals surface area contributed by atoms with E-state index < -0.39 is 75.5 Å². The quantitative estimate of drug-likeness (QED) is 0.183. The number of para-hydroxylation sites is 1. The highest BCUT2D eigenvalue weighted by Gasteiger charge is 2.56. The van der Waals surface area contributed by atoms with E-state index in [0.29, 0.717) is 15.5 Å². The van der Waals surface area contributed by atoms with Gasteiger partial charge in [-0.15, -0.1) is 0 Å². The topological polar surface area (TPSA) is 109 Å². The van der Waals surface area contributed by atoms with Crippen LogP contribution in [0.25, 0.3) is 0 Å². The number of amides is 3. The second-order valence-electron chi connectivity index (χ2n) is 10.3. The zero-order chi connectivity index (χ0) is 33.0. The van der Waals surface area contributed by atoms with E-state index in [9.17, 15) is 45.5 Å². The van der Waals surface area contributed by atoms with Gasteiger partial charge in [0.15, 0.2) is 6.61 Å². The molecule has 238 valence electrons. The van der Waals surface area contributed by atoms with Crippen LogP contribution >= 0.6 is 23.1 Å². The number of thioether (sulfide) groups is 1. The summed E-state index contributed by atoms with van der Waals surface area (Å²) in [7, 11) is 0. The molecule has 3 amide bonds. The fourth-order valence-electron chi connectivity index (χ4n) is 5.40. The van der Waals surface area contributed by atoms with Crippen LogP contribution in [0, 0.1) is 5.92 Å². The van der Waals surface area contributed by atoms with Gasteiger partial charge in [0.05, 0.1) is 33.4 Å². The minimum Gasteiger partial charge on any atom is -0.484 e. The summed E-state index contributed by atoms with van der Waals surface area (Å²) in [5.74, 6) is -4.02. The minimum atomic E-state index is -4.70. The molecule has 3 heterocycles. The fourth-order valence-corrected chi connectivity index (χ4v) is 7.91. The van der Waals surface area contributed by atoms with E-state index in [1.807, 2.05) is 0 Å². The smallest absolute Gasteiger partial charge is 0.418 e. The van der Waals surface area contributed by atoms with E-state index in [0.717, 1.165) is 58.3 Å². The van der Waals surface area contributed by atoms with Crippen molar-refractivity contribution in [3.8, 4) is 5.75 Å². The van der Waals surface area contributed by atoms with Gasteiger partial charge in [0.2, 0.25) is 11.8 Å². The van der Waals surface area contributed by atoms with E-state index in [2.05, 4.69) is 10.3 Å². The highest BCUT2D eigenvalue weighted by atomic mass is 32.2. The van der Waals surface area contributed by atoms with E-state index in [-0.39, 0.29) is 11.4 Å². The van der Waals surface area contributed by atoms with Crippen molar-refractivity contribution in [2.45, 2.75) is 28.5 Å². The molecule has 0 spiro atoms. The summed E-state index contributed by atoms with van der Waals surface area (Å²) < 4.78 is 85.4. The molecule has 3 aromatic carbocycles. The third kappa shape index (κ3) is 5.89.